The van der Waals surface area contributed by atoms with Crippen LogP contribution in [0.4, 0.5) is 8.78 Å². The van der Waals surface area contributed by atoms with Crippen LogP contribution < -0.4 is 0 Å². The summed E-state index contributed by atoms with van der Waals surface area (Å²) in [5.74, 6) is -1.44. The van der Waals surface area contributed by atoms with Gasteiger partial charge in [0.15, 0.2) is 11.6 Å². The quantitative estimate of drug-likeness (QED) is 0.897. The second-order valence-electron chi connectivity index (χ2n) is 5.58. The van der Waals surface area contributed by atoms with E-state index in [-0.39, 0.29) is 18.1 Å². The molecule has 1 fully saturated rings. The molecule has 0 aromatic heterocycles. The van der Waals surface area contributed by atoms with Crippen LogP contribution in [-0.2, 0) is 11.2 Å². The van der Waals surface area contributed by atoms with E-state index < -0.39 is 17.7 Å². The van der Waals surface area contributed by atoms with Crippen LogP contribution in [-0.4, -0.2) is 24.4 Å². The molecule has 1 aromatic rings. The molecular formula is C16H22F2O2. The minimum atomic E-state index is -0.874. The average Bonchev–Trinajstić information content (AvgIpc) is 2.46. The minimum absolute atomic E-state index is 0.0819. The molecule has 0 amide bonds. The zero-order valence-corrected chi connectivity index (χ0v) is 11.8. The molecule has 1 saturated carbocycles. The maximum Gasteiger partial charge on any atom is 0.162 e. The largest absolute Gasteiger partial charge is 0.390 e. The number of benzene rings is 1. The van der Waals surface area contributed by atoms with Crippen molar-refractivity contribution in [3.05, 3.63) is 35.4 Å². The van der Waals surface area contributed by atoms with Gasteiger partial charge in [0, 0.05) is 13.5 Å². The van der Waals surface area contributed by atoms with Crippen molar-refractivity contribution in [2.24, 2.45) is 5.92 Å². The standard InChI is InChI=1S/C16H22F2O2/c1-20-16(11-6-3-2-4-7-11)14(19)10-12-8-5-9-13(17)15(12)18/h5,8-9,11,14,16,19H,2-4,6-7,10H2,1H3. The monoisotopic (exact) mass is 284 g/mol. The van der Waals surface area contributed by atoms with E-state index in [1.54, 1.807) is 7.11 Å². The summed E-state index contributed by atoms with van der Waals surface area (Å²) < 4.78 is 32.3. The van der Waals surface area contributed by atoms with Gasteiger partial charge in [-0.3, -0.25) is 0 Å². The van der Waals surface area contributed by atoms with E-state index in [0.29, 0.717) is 5.92 Å². The van der Waals surface area contributed by atoms with E-state index in [1.807, 2.05) is 0 Å². The highest BCUT2D eigenvalue weighted by Gasteiger charge is 2.30. The Bertz CT molecular complexity index is 430. The summed E-state index contributed by atoms with van der Waals surface area (Å²) in [7, 11) is 1.57. The summed E-state index contributed by atoms with van der Waals surface area (Å²) in [5.41, 5.74) is 0.204. The molecule has 0 heterocycles. The summed E-state index contributed by atoms with van der Waals surface area (Å²) in [6.07, 6.45) is 4.54. The van der Waals surface area contributed by atoms with Gasteiger partial charge in [-0.15, -0.1) is 0 Å². The molecule has 4 heteroatoms. The van der Waals surface area contributed by atoms with E-state index in [0.717, 1.165) is 31.7 Å². The summed E-state index contributed by atoms with van der Waals surface area (Å²) in [6.45, 7) is 0. The van der Waals surface area contributed by atoms with Crippen LogP contribution in [0.2, 0.25) is 0 Å². The Morgan fingerprint density at radius 1 is 1.25 bits per heavy atom. The maximum atomic E-state index is 13.6. The fourth-order valence-corrected chi connectivity index (χ4v) is 3.17. The Labute approximate surface area is 118 Å². The van der Waals surface area contributed by atoms with E-state index in [9.17, 15) is 13.9 Å². The first-order chi connectivity index (χ1) is 9.63. The topological polar surface area (TPSA) is 29.5 Å². The van der Waals surface area contributed by atoms with Gasteiger partial charge >= 0.3 is 0 Å². The Kier molecular flexibility index (Phi) is 5.49. The van der Waals surface area contributed by atoms with Crippen molar-refractivity contribution in [1.82, 2.24) is 0 Å². The van der Waals surface area contributed by atoms with Gasteiger partial charge in [0.2, 0.25) is 0 Å². The van der Waals surface area contributed by atoms with Crippen LogP contribution in [0.3, 0.4) is 0 Å². The number of hydrogen-bond acceptors (Lipinski definition) is 2. The van der Waals surface area contributed by atoms with Crippen LogP contribution in [0.15, 0.2) is 18.2 Å². The highest BCUT2D eigenvalue weighted by atomic mass is 19.2. The molecule has 1 aromatic carbocycles. The first-order valence-corrected chi connectivity index (χ1v) is 7.27. The second-order valence-corrected chi connectivity index (χ2v) is 5.58. The highest BCUT2D eigenvalue weighted by molar-refractivity contribution is 5.20. The number of halogens is 2. The van der Waals surface area contributed by atoms with Crippen LogP contribution >= 0.6 is 0 Å². The second kappa shape index (κ2) is 7.14. The Balaban J connectivity index is 2.04. The lowest BCUT2D eigenvalue weighted by Gasteiger charge is -2.32. The number of aliphatic hydroxyl groups excluding tert-OH is 1. The van der Waals surface area contributed by atoms with Crippen molar-refractivity contribution in [2.45, 2.75) is 50.7 Å². The summed E-state index contributed by atoms with van der Waals surface area (Å²) in [5, 5.41) is 10.3. The van der Waals surface area contributed by atoms with Crippen molar-refractivity contribution in [1.29, 1.82) is 0 Å². The van der Waals surface area contributed by atoms with Crippen LogP contribution in [0.25, 0.3) is 0 Å². The van der Waals surface area contributed by atoms with Gasteiger partial charge in [0.05, 0.1) is 12.2 Å². The first-order valence-electron chi connectivity index (χ1n) is 7.27. The molecule has 2 rings (SSSR count). The predicted octanol–water partition coefficient (Wildman–Crippen LogP) is 3.46. The molecule has 112 valence electrons. The fraction of sp³-hybridized carbons (Fsp3) is 0.625. The number of rotatable bonds is 5. The maximum absolute atomic E-state index is 13.6. The fourth-order valence-electron chi connectivity index (χ4n) is 3.17. The Hall–Kier alpha value is -1.00. The number of aliphatic hydroxyl groups is 1. The van der Waals surface area contributed by atoms with Crippen molar-refractivity contribution in [3.8, 4) is 0 Å². The summed E-state index contributed by atoms with van der Waals surface area (Å²) in [6, 6.07) is 4.05. The number of ether oxygens (including phenoxy) is 1. The number of hydrogen-bond donors (Lipinski definition) is 1. The van der Waals surface area contributed by atoms with Gasteiger partial charge in [0.1, 0.15) is 0 Å². The van der Waals surface area contributed by atoms with Crippen LogP contribution in [0, 0.1) is 17.6 Å². The molecule has 2 unspecified atom stereocenters. The molecule has 0 saturated heterocycles. The molecule has 0 aliphatic heterocycles. The van der Waals surface area contributed by atoms with Crippen LogP contribution in [0.5, 0.6) is 0 Å². The Morgan fingerprint density at radius 3 is 2.60 bits per heavy atom. The van der Waals surface area contributed by atoms with E-state index in [1.165, 1.54) is 18.6 Å². The predicted molar refractivity (Wildman–Crippen MR) is 73.4 cm³/mol. The van der Waals surface area contributed by atoms with Gasteiger partial charge in [-0.05, 0) is 30.4 Å². The zero-order chi connectivity index (χ0) is 14.5. The molecule has 1 aliphatic rings. The smallest absolute Gasteiger partial charge is 0.162 e. The van der Waals surface area contributed by atoms with Gasteiger partial charge < -0.3 is 9.84 Å². The normalized spacial score (nSPS) is 19.8. The summed E-state index contributed by atoms with van der Waals surface area (Å²) in [4.78, 5) is 0. The van der Waals surface area contributed by atoms with Gasteiger partial charge in [0.25, 0.3) is 0 Å². The highest BCUT2D eigenvalue weighted by Crippen LogP contribution is 2.30. The molecule has 2 atom stereocenters. The van der Waals surface area contributed by atoms with E-state index in [4.69, 9.17) is 4.74 Å². The van der Waals surface area contributed by atoms with Crippen molar-refractivity contribution < 1.29 is 18.6 Å². The Morgan fingerprint density at radius 2 is 1.95 bits per heavy atom. The first kappa shape index (κ1) is 15.4. The molecule has 1 aliphatic carbocycles. The lowest BCUT2D eigenvalue weighted by atomic mass is 9.82. The van der Waals surface area contributed by atoms with Crippen LogP contribution in [0.1, 0.15) is 37.7 Å². The lowest BCUT2D eigenvalue weighted by molar-refractivity contribution is -0.0538. The van der Waals surface area contributed by atoms with E-state index >= 15 is 0 Å². The van der Waals surface area contributed by atoms with E-state index in [2.05, 4.69) is 0 Å². The minimum Gasteiger partial charge on any atom is -0.390 e. The van der Waals surface area contributed by atoms with Crippen molar-refractivity contribution >= 4 is 0 Å². The molecule has 0 spiro atoms. The lowest BCUT2D eigenvalue weighted by Crippen LogP contribution is -2.38. The SMILES string of the molecule is COC(C(O)Cc1cccc(F)c1F)C1CCCCC1. The molecular weight excluding hydrogens is 262 g/mol. The zero-order valence-electron chi connectivity index (χ0n) is 11.8. The molecule has 20 heavy (non-hydrogen) atoms. The third-order valence-corrected chi connectivity index (χ3v) is 4.23. The number of methoxy groups -OCH3 is 1. The van der Waals surface area contributed by atoms with Gasteiger partial charge in [-0.1, -0.05) is 31.4 Å². The molecule has 0 radical (unpaired) electrons. The third kappa shape index (κ3) is 3.55. The molecule has 2 nitrogen and oxygen atoms in total. The van der Waals surface area contributed by atoms with Gasteiger partial charge in [-0.2, -0.15) is 0 Å². The van der Waals surface area contributed by atoms with Gasteiger partial charge in [-0.25, -0.2) is 8.78 Å². The van der Waals surface area contributed by atoms with Crippen molar-refractivity contribution in [2.75, 3.05) is 7.11 Å². The van der Waals surface area contributed by atoms with Crippen molar-refractivity contribution in [3.63, 3.8) is 0 Å². The average molecular weight is 284 g/mol. The molecule has 0 bridgehead atoms. The third-order valence-electron chi connectivity index (χ3n) is 4.23. The summed E-state index contributed by atoms with van der Waals surface area (Å²) >= 11 is 0. The molecule has 1 N–H and O–H groups in total.